The van der Waals surface area contributed by atoms with Gasteiger partial charge in [-0.2, -0.15) is 0 Å². The second-order valence-electron chi connectivity index (χ2n) is 5.07. The fraction of sp³-hybridized carbons (Fsp3) is 0.471. The molecule has 108 valence electrons. The van der Waals surface area contributed by atoms with Crippen LogP contribution in [-0.4, -0.2) is 17.6 Å². The van der Waals surface area contributed by atoms with Crippen molar-refractivity contribution < 1.29 is 0 Å². The van der Waals surface area contributed by atoms with Crippen molar-refractivity contribution in [1.29, 1.82) is 0 Å². The van der Waals surface area contributed by atoms with E-state index in [4.69, 9.17) is 0 Å². The topological polar surface area (TPSA) is 24.9 Å². The van der Waals surface area contributed by atoms with Crippen LogP contribution in [0.3, 0.4) is 0 Å². The third kappa shape index (κ3) is 4.73. The number of rotatable bonds is 8. The van der Waals surface area contributed by atoms with Crippen molar-refractivity contribution in [3.05, 3.63) is 52.0 Å². The van der Waals surface area contributed by atoms with E-state index in [1.54, 1.807) is 0 Å². The summed E-state index contributed by atoms with van der Waals surface area (Å²) in [5.41, 5.74) is 1.38. The van der Waals surface area contributed by atoms with E-state index < -0.39 is 0 Å². The summed E-state index contributed by atoms with van der Waals surface area (Å²) in [5.74, 6) is 0. The number of nitrogens with zero attached hydrogens (tertiary/aromatic N) is 1. The van der Waals surface area contributed by atoms with Gasteiger partial charge in [0.05, 0.1) is 0 Å². The van der Waals surface area contributed by atoms with Crippen LogP contribution < -0.4 is 5.32 Å². The smallest absolute Gasteiger partial charge is 0.0270 e. The van der Waals surface area contributed by atoms with Crippen LogP contribution >= 0.6 is 11.3 Å². The molecule has 0 saturated carbocycles. The van der Waals surface area contributed by atoms with Gasteiger partial charge in [-0.15, -0.1) is 11.3 Å². The van der Waals surface area contributed by atoms with Crippen LogP contribution in [0.2, 0.25) is 0 Å². The first-order valence-electron chi connectivity index (χ1n) is 7.51. The van der Waals surface area contributed by atoms with Crippen molar-refractivity contribution in [1.82, 2.24) is 10.3 Å². The number of likely N-dealkylation sites (N-methyl/N-ethyl adjacent to an activating group) is 1. The van der Waals surface area contributed by atoms with Crippen molar-refractivity contribution in [2.75, 3.05) is 6.54 Å². The summed E-state index contributed by atoms with van der Waals surface area (Å²) < 4.78 is 0. The normalized spacial score (nSPS) is 12.5. The molecule has 1 N–H and O–H groups in total. The molecule has 0 radical (unpaired) electrons. The molecule has 2 aromatic heterocycles. The van der Waals surface area contributed by atoms with Gasteiger partial charge in [-0.05, 0) is 62.1 Å². The average Bonchev–Trinajstić information content (AvgIpc) is 2.94. The Bertz CT molecular complexity index is 493. The van der Waals surface area contributed by atoms with E-state index in [1.165, 1.54) is 21.7 Å². The summed E-state index contributed by atoms with van der Waals surface area (Å²) in [6.45, 7) is 5.44. The lowest BCUT2D eigenvalue weighted by molar-refractivity contribution is 0.493. The minimum absolute atomic E-state index is 0.566. The average molecular weight is 288 g/mol. The lowest BCUT2D eigenvalue weighted by Crippen LogP contribution is -2.31. The number of thiophene rings is 1. The highest BCUT2D eigenvalue weighted by Gasteiger charge is 2.10. The van der Waals surface area contributed by atoms with Crippen LogP contribution in [-0.2, 0) is 19.3 Å². The maximum atomic E-state index is 4.07. The Morgan fingerprint density at radius 1 is 1.10 bits per heavy atom. The Kier molecular flexibility index (Phi) is 6.22. The van der Waals surface area contributed by atoms with Crippen molar-refractivity contribution >= 4 is 11.3 Å². The molecule has 0 bridgehead atoms. The molecule has 0 aliphatic heterocycles. The van der Waals surface area contributed by atoms with Crippen LogP contribution in [0.5, 0.6) is 0 Å². The van der Waals surface area contributed by atoms with Gasteiger partial charge in [0.25, 0.3) is 0 Å². The quantitative estimate of drug-likeness (QED) is 0.798. The third-order valence-corrected chi connectivity index (χ3v) is 4.79. The number of aryl methyl sites for hydroxylation is 2. The number of nitrogens with one attached hydrogen (secondary N) is 1. The molecule has 1 atom stereocenters. The highest BCUT2D eigenvalue weighted by Crippen LogP contribution is 2.19. The molecule has 0 amide bonds. The second-order valence-corrected chi connectivity index (χ2v) is 6.33. The van der Waals surface area contributed by atoms with Gasteiger partial charge in [0, 0.05) is 28.2 Å². The summed E-state index contributed by atoms with van der Waals surface area (Å²) in [6, 6.07) is 9.36. The van der Waals surface area contributed by atoms with Gasteiger partial charge in [0.1, 0.15) is 0 Å². The Balaban J connectivity index is 1.89. The third-order valence-electron chi connectivity index (χ3n) is 3.54. The van der Waals surface area contributed by atoms with Crippen molar-refractivity contribution in [3.63, 3.8) is 0 Å². The van der Waals surface area contributed by atoms with Crippen molar-refractivity contribution in [3.8, 4) is 0 Å². The maximum absolute atomic E-state index is 4.07. The Morgan fingerprint density at radius 2 is 1.85 bits per heavy atom. The van der Waals surface area contributed by atoms with Gasteiger partial charge in [0.2, 0.25) is 0 Å². The van der Waals surface area contributed by atoms with E-state index in [9.17, 15) is 0 Å². The van der Waals surface area contributed by atoms with E-state index in [0.29, 0.717) is 6.04 Å². The van der Waals surface area contributed by atoms with Gasteiger partial charge >= 0.3 is 0 Å². The number of hydrogen-bond acceptors (Lipinski definition) is 3. The molecule has 3 heteroatoms. The molecular weight excluding hydrogens is 264 g/mol. The van der Waals surface area contributed by atoms with E-state index in [0.717, 1.165) is 25.8 Å². The lowest BCUT2D eigenvalue weighted by Gasteiger charge is -2.17. The fourth-order valence-electron chi connectivity index (χ4n) is 2.42. The first-order chi connectivity index (χ1) is 9.81. The van der Waals surface area contributed by atoms with Crippen LogP contribution in [0, 0.1) is 0 Å². The zero-order valence-corrected chi connectivity index (χ0v) is 13.2. The predicted octanol–water partition coefficient (Wildman–Crippen LogP) is 3.86. The summed E-state index contributed by atoms with van der Waals surface area (Å²) in [5, 5.41) is 3.62. The zero-order chi connectivity index (χ0) is 14.2. The highest BCUT2D eigenvalue weighted by atomic mass is 32.1. The minimum Gasteiger partial charge on any atom is -0.314 e. The van der Waals surface area contributed by atoms with Crippen LogP contribution in [0.25, 0.3) is 0 Å². The molecule has 0 saturated heterocycles. The largest absolute Gasteiger partial charge is 0.314 e. The molecule has 0 spiro atoms. The Hall–Kier alpha value is -1.19. The molecule has 2 nitrogen and oxygen atoms in total. The molecule has 1 unspecified atom stereocenters. The van der Waals surface area contributed by atoms with Crippen LogP contribution in [0.15, 0.2) is 36.7 Å². The molecular formula is C17H24N2S. The molecule has 20 heavy (non-hydrogen) atoms. The van der Waals surface area contributed by atoms with E-state index >= 15 is 0 Å². The molecule has 0 fully saturated rings. The van der Waals surface area contributed by atoms with Gasteiger partial charge in [0.15, 0.2) is 0 Å². The van der Waals surface area contributed by atoms with Crippen LogP contribution in [0.4, 0.5) is 0 Å². The monoisotopic (exact) mass is 288 g/mol. The molecule has 0 aromatic carbocycles. The molecule has 2 rings (SSSR count). The molecule has 0 aliphatic carbocycles. The first-order valence-corrected chi connectivity index (χ1v) is 8.33. The maximum Gasteiger partial charge on any atom is 0.0270 e. The summed E-state index contributed by atoms with van der Waals surface area (Å²) in [6.07, 6.45) is 8.34. The fourth-order valence-corrected chi connectivity index (χ4v) is 3.46. The van der Waals surface area contributed by atoms with Crippen molar-refractivity contribution in [2.45, 2.75) is 45.6 Å². The molecule has 2 aromatic rings. The SMILES string of the molecule is CCNC(CCc1ccncc1)Cc1ccc(CC)s1. The van der Waals surface area contributed by atoms with Crippen LogP contribution in [0.1, 0.15) is 35.6 Å². The summed E-state index contributed by atoms with van der Waals surface area (Å²) in [7, 11) is 0. The van der Waals surface area contributed by atoms with E-state index in [-0.39, 0.29) is 0 Å². The lowest BCUT2D eigenvalue weighted by atomic mass is 10.0. The number of hydrogen-bond donors (Lipinski definition) is 1. The molecule has 0 aliphatic rings. The first kappa shape index (κ1) is 15.2. The van der Waals surface area contributed by atoms with Gasteiger partial charge < -0.3 is 5.32 Å². The summed E-state index contributed by atoms with van der Waals surface area (Å²) in [4.78, 5) is 7.07. The van der Waals surface area contributed by atoms with Gasteiger partial charge in [-0.25, -0.2) is 0 Å². The minimum atomic E-state index is 0.566. The second kappa shape index (κ2) is 8.18. The van der Waals surface area contributed by atoms with Gasteiger partial charge in [-0.1, -0.05) is 13.8 Å². The van der Waals surface area contributed by atoms with E-state index in [1.807, 2.05) is 23.7 Å². The predicted molar refractivity (Wildman–Crippen MR) is 87.4 cm³/mol. The number of aromatic nitrogens is 1. The van der Waals surface area contributed by atoms with Crippen molar-refractivity contribution in [2.24, 2.45) is 0 Å². The number of pyridine rings is 1. The Morgan fingerprint density at radius 3 is 2.50 bits per heavy atom. The van der Waals surface area contributed by atoms with Gasteiger partial charge in [-0.3, -0.25) is 4.98 Å². The Labute approximate surface area is 126 Å². The standard InChI is InChI=1S/C17H24N2S/c1-3-16-7-8-17(20-16)13-15(19-4-2)6-5-14-9-11-18-12-10-14/h7-12,15,19H,3-6,13H2,1-2H3. The van der Waals surface area contributed by atoms with E-state index in [2.05, 4.69) is 48.4 Å². The molecule has 2 heterocycles. The highest BCUT2D eigenvalue weighted by molar-refractivity contribution is 7.11. The summed E-state index contributed by atoms with van der Waals surface area (Å²) >= 11 is 1.96. The zero-order valence-electron chi connectivity index (χ0n) is 12.4.